The van der Waals surface area contributed by atoms with Gasteiger partial charge in [0.2, 0.25) is 0 Å². The normalized spacial score (nSPS) is 20.7. The summed E-state index contributed by atoms with van der Waals surface area (Å²) in [7, 11) is 0. The van der Waals surface area contributed by atoms with Crippen molar-refractivity contribution in [2.75, 3.05) is 26.4 Å². The van der Waals surface area contributed by atoms with Crippen molar-refractivity contribution < 1.29 is 19.4 Å². The molecule has 0 aromatic rings. The van der Waals surface area contributed by atoms with Crippen LogP contribution in [0.4, 0.5) is 4.79 Å². The standard InChI is InChI=1S/C12H23NO4/c1-12(2,3)17-11(15)13-6-4-5-10(13)9-16-8-7-14/h10,14H,4-9H2,1-3H3. The maximum atomic E-state index is 11.9. The molecule has 0 aliphatic carbocycles. The number of carbonyl (C=O) groups excluding carboxylic acids is 1. The van der Waals surface area contributed by atoms with Crippen molar-refractivity contribution in [1.29, 1.82) is 0 Å². The maximum absolute atomic E-state index is 11.9. The Balaban J connectivity index is 2.42. The van der Waals surface area contributed by atoms with Gasteiger partial charge in [-0.3, -0.25) is 0 Å². The van der Waals surface area contributed by atoms with Gasteiger partial charge in [-0.05, 0) is 33.6 Å². The van der Waals surface area contributed by atoms with Crippen molar-refractivity contribution in [3.63, 3.8) is 0 Å². The van der Waals surface area contributed by atoms with Gasteiger partial charge >= 0.3 is 6.09 Å². The van der Waals surface area contributed by atoms with Gasteiger partial charge in [0.25, 0.3) is 0 Å². The fourth-order valence-corrected chi connectivity index (χ4v) is 1.85. The van der Waals surface area contributed by atoms with Crippen molar-refractivity contribution in [3.8, 4) is 0 Å². The van der Waals surface area contributed by atoms with Crippen LogP contribution >= 0.6 is 0 Å². The highest BCUT2D eigenvalue weighted by atomic mass is 16.6. The number of nitrogens with zero attached hydrogens (tertiary/aromatic N) is 1. The summed E-state index contributed by atoms with van der Waals surface area (Å²) < 4.78 is 10.6. The van der Waals surface area contributed by atoms with Crippen LogP contribution in [0.5, 0.6) is 0 Å². The van der Waals surface area contributed by atoms with Gasteiger partial charge in [0, 0.05) is 6.54 Å². The summed E-state index contributed by atoms with van der Waals surface area (Å²) >= 11 is 0. The van der Waals surface area contributed by atoms with Crippen LogP contribution in [0.3, 0.4) is 0 Å². The Morgan fingerprint density at radius 2 is 2.18 bits per heavy atom. The highest BCUT2D eigenvalue weighted by Crippen LogP contribution is 2.20. The molecule has 0 radical (unpaired) electrons. The Kier molecular flexibility index (Phi) is 5.21. The Morgan fingerprint density at radius 3 is 2.76 bits per heavy atom. The van der Waals surface area contributed by atoms with Crippen molar-refractivity contribution in [2.24, 2.45) is 0 Å². The molecule has 0 aromatic heterocycles. The molecule has 100 valence electrons. The van der Waals surface area contributed by atoms with Crippen LogP contribution in [-0.4, -0.2) is 54.1 Å². The van der Waals surface area contributed by atoms with Crippen molar-refractivity contribution in [2.45, 2.75) is 45.3 Å². The largest absolute Gasteiger partial charge is 0.444 e. The van der Waals surface area contributed by atoms with Gasteiger partial charge in [-0.2, -0.15) is 0 Å². The predicted octanol–water partition coefficient (Wildman–Crippen LogP) is 1.39. The number of ether oxygens (including phenoxy) is 2. The second-order valence-electron chi connectivity index (χ2n) is 5.27. The number of hydrogen-bond donors (Lipinski definition) is 1. The highest BCUT2D eigenvalue weighted by molar-refractivity contribution is 5.68. The van der Waals surface area contributed by atoms with Gasteiger partial charge < -0.3 is 19.5 Å². The lowest BCUT2D eigenvalue weighted by atomic mass is 10.2. The molecule has 1 amide bonds. The zero-order valence-electron chi connectivity index (χ0n) is 10.9. The molecule has 1 heterocycles. The molecule has 1 aliphatic rings. The van der Waals surface area contributed by atoms with E-state index in [4.69, 9.17) is 14.6 Å². The number of hydrogen-bond acceptors (Lipinski definition) is 4. The molecular formula is C12H23NO4. The molecule has 17 heavy (non-hydrogen) atoms. The van der Waals surface area contributed by atoms with E-state index in [1.165, 1.54) is 0 Å². The average Bonchev–Trinajstić information content (AvgIpc) is 2.64. The summed E-state index contributed by atoms with van der Waals surface area (Å²) in [5.41, 5.74) is -0.462. The molecule has 0 bridgehead atoms. The molecule has 0 aromatic carbocycles. The van der Waals surface area contributed by atoms with Gasteiger partial charge in [0.05, 0.1) is 25.9 Å². The third kappa shape index (κ3) is 4.91. The van der Waals surface area contributed by atoms with Crippen molar-refractivity contribution in [1.82, 2.24) is 4.90 Å². The average molecular weight is 245 g/mol. The minimum absolute atomic E-state index is 0.0131. The van der Waals surface area contributed by atoms with Crippen LogP contribution in [0.1, 0.15) is 33.6 Å². The van der Waals surface area contributed by atoms with E-state index in [1.807, 2.05) is 20.8 Å². The highest BCUT2D eigenvalue weighted by Gasteiger charge is 2.32. The number of aliphatic hydroxyl groups excluding tert-OH is 1. The monoisotopic (exact) mass is 245 g/mol. The Hall–Kier alpha value is -0.810. The molecule has 5 nitrogen and oxygen atoms in total. The van der Waals surface area contributed by atoms with E-state index in [-0.39, 0.29) is 18.7 Å². The number of amides is 1. The van der Waals surface area contributed by atoms with Gasteiger partial charge in [-0.1, -0.05) is 0 Å². The molecule has 1 aliphatic heterocycles. The van der Waals surface area contributed by atoms with E-state index in [0.717, 1.165) is 19.4 Å². The lowest BCUT2D eigenvalue weighted by Gasteiger charge is -2.28. The summed E-state index contributed by atoms with van der Waals surface area (Å²) in [6.07, 6.45) is 1.64. The first-order valence-electron chi connectivity index (χ1n) is 6.12. The van der Waals surface area contributed by atoms with Crippen LogP contribution in [0.15, 0.2) is 0 Å². The number of aliphatic hydroxyl groups is 1. The molecule has 5 heteroatoms. The number of carbonyl (C=O) groups is 1. The fourth-order valence-electron chi connectivity index (χ4n) is 1.85. The van der Waals surface area contributed by atoms with Gasteiger partial charge in [-0.15, -0.1) is 0 Å². The molecule has 1 unspecified atom stereocenters. The first-order chi connectivity index (χ1) is 7.94. The van der Waals surface area contributed by atoms with E-state index in [0.29, 0.717) is 13.2 Å². The molecule has 1 saturated heterocycles. The van der Waals surface area contributed by atoms with E-state index in [1.54, 1.807) is 4.90 Å². The molecule has 1 N–H and O–H groups in total. The lowest BCUT2D eigenvalue weighted by molar-refractivity contribution is 0.00747. The van der Waals surface area contributed by atoms with E-state index >= 15 is 0 Å². The summed E-state index contributed by atoms with van der Waals surface area (Å²) in [6.45, 7) is 7.11. The summed E-state index contributed by atoms with van der Waals surface area (Å²) in [6, 6.07) is 0.0800. The summed E-state index contributed by atoms with van der Waals surface area (Å²) in [5.74, 6) is 0. The van der Waals surface area contributed by atoms with E-state index < -0.39 is 5.60 Å². The molecule has 1 atom stereocenters. The Labute approximate surface area is 103 Å². The second-order valence-corrected chi connectivity index (χ2v) is 5.27. The van der Waals surface area contributed by atoms with Crippen LogP contribution in [0.2, 0.25) is 0 Å². The lowest BCUT2D eigenvalue weighted by Crippen LogP contribution is -2.41. The van der Waals surface area contributed by atoms with Crippen molar-refractivity contribution in [3.05, 3.63) is 0 Å². The second kappa shape index (κ2) is 6.21. The van der Waals surface area contributed by atoms with Gasteiger partial charge in [0.15, 0.2) is 0 Å². The number of rotatable bonds is 4. The SMILES string of the molecule is CC(C)(C)OC(=O)N1CCCC1COCCO. The predicted molar refractivity (Wildman–Crippen MR) is 63.9 cm³/mol. The summed E-state index contributed by atoms with van der Waals surface area (Å²) in [5, 5.41) is 8.64. The fraction of sp³-hybridized carbons (Fsp3) is 0.917. The molecule has 0 spiro atoms. The maximum Gasteiger partial charge on any atom is 0.410 e. The molecule has 1 fully saturated rings. The third-order valence-electron chi connectivity index (χ3n) is 2.55. The zero-order chi connectivity index (χ0) is 12.9. The zero-order valence-corrected chi connectivity index (χ0v) is 10.9. The Bertz CT molecular complexity index is 249. The van der Waals surface area contributed by atoms with Crippen LogP contribution in [0.25, 0.3) is 0 Å². The van der Waals surface area contributed by atoms with Crippen LogP contribution in [0, 0.1) is 0 Å². The van der Waals surface area contributed by atoms with Crippen LogP contribution < -0.4 is 0 Å². The first-order valence-corrected chi connectivity index (χ1v) is 6.12. The topological polar surface area (TPSA) is 59.0 Å². The quantitative estimate of drug-likeness (QED) is 0.760. The first kappa shape index (κ1) is 14.3. The van der Waals surface area contributed by atoms with E-state index in [9.17, 15) is 4.79 Å². The van der Waals surface area contributed by atoms with Gasteiger partial charge in [0.1, 0.15) is 5.60 Å². The molecule has 0 saturated carbocycles. The molecular weight excluding hydrogens is 222 g/mol. The number of likely N-dealkylation sites (tertiary alicyclic amines) is 1. The van der Waals surface area contributed by atoms with Gasteiger partial charge in [-0.25, -0.2) is 4.79 Å². The molecule has 1 rings (SSSR count). The van der Waals surface area contributed by atoms with E-state index in [2.05, 4.69) is 0 Å². The third-order valence-corrected chi connectivity index (χ3v) is 2.55. The Morgan fingerprint density at radius 1 is 1.47 bits per heavy atom. The minimum Gasteiger partial charge on any atom is -0.444 e. The summed E-state index contributed by atoms with van der Waals surface area (Å²) in [4.78, 5) is 13.6. The van der Waals surface area contributed by atoms with Crippen LogP contribution in [-0.2, 0) is 9.47 Å². The van der Waals surface area contributed by atoms with Crippen molar-refractivity contribution >= 4 is 6.09 Å². The smallest absolute Gasteiger partial charge is 0.410 e. The minimum atomic E-state index is -0.462.